The monoisotopic (exact) mass is 282 g/mol. The van der Waals surface area contributed by atoms with Gasteiger partial charge in [0.1, 0.15) is 18.5 Å². The smallest absolute Gasteiger partial charge is 0.119 e. The summed E-state index contributed by atoms with van der Waals surface area (Å²) < 4.78 is 5.53. The Kier molecular flexibility index (Phi) is 7.36. The van der Waals surface area contributed by atoms with Gasteiger partial charge in [0.25, 0.3) is 0 Å². The molecule has 4 N–H and O–H groups in total. The van der Waals surface area contributed by atoms with Crippen LogP contribution < -0.4 is 10.5 Å². The summed E-state index contributed by atoms with van der Waals surface area (Å²) >= 11 is 0. The Labute approximate surface area is 121 Å². The highest BCUT2D eigenvalue weighted by Gasteiger charge is 2.14. The third-order valence-corrected chi connectivity index (χ3v) is 3.10. The van der Waals surface area contributed by atoms with Gasteiger partial charge in [0.15, 0.2) is 0 Å². The summed E-state index contributed by atoms with van der Waals surface area (Å²) in [6, 6.07) is 7.43. The van der Waals surface area contributed by atoms with Crippen LogP contribution in [0.25, 0.3) is 0 Å². The fraction of sp³-hybridized carbons (Fsp3) is 0.600. The standard InChI is InChI=1S/C15H26N2O3/c1-12(2)17(8-3-9-18)10-14(19)11-20-15-6-4-13(16)5-7-15/h4-7,12,14,18-19H,3,8-11,16H2,1-2H3. The average molecular weight is 282 g/mol. The highest BCUT2D eigenvalue weighted by molar-refractivity contribution is 5.41. The van der Waals surface area contributed by atoms with E-state index in [1.807, 2.05) is 0 Å². The van der Waals surface area contributed by atoms with Gasteiger partial charge in [-0.05, 0) is 44.5 Å². The third-order valence-electron chi connectivity index (χ3n) is 3.10. The summed E-state index contributed by atoms with van der Waals surface area (Å²) in [6.45, 7) is 5.86. The van der Waals surface area contributed by atoms with Gasteiger partial charge in [-0.25, -0.2) is 0 Å². The molecule has 0 saturated carbocycles. The van der Waals surface area contributed by atoms with Crippen molar-refractivity contribution in [2.24, 2.45) is 0 Å². The molecule has 114 valence electrons. The number of nitrogen functional groups attached to an aromatic ring is 1. The fourth-order valence-corrected chi connectivity index (χ4v) is 1.91. The average Bonchev–Trinajstić information content (AvgIpc) is 2.42. The highest BCUT2D eigenvalue weighted by atomic mass is 16.5. The van der Waals surface area contributed by atoms with Gasteiger partial charge in [-0.3, -0.25) is 4.90 Å². The van der Waals surface area contributed by atoms with Gasteiger partial charge >= 0.3 is 0 Å². The first-order chi connectivity index (χ1) is 9.52. The lowest BCUT2D eigenvalue weighted by Gasteiger charge is -2.28. The SMILES string of the molecule is CC(C)N(CCCO)CC(O)COc1ccc(N)cc1. The van der Waals surface area contributed by atoms with Gasteiger partial charge in [0.05, 0.1) is 0 Å². The van der Waals surface area contributed by atoms with Crippen molar-refractivity contribution >= 4 is 5.69 Å². The van der Waals surface area contributed by atoms with Crippen LogP contribution in [0.1, 0.15) is 20.3 Å². The normalized spacial score (nSPS) is 12.9. The Morgan fingerprint density at radius 1 is 1.25 bits per heavy atom. The molecule has 0 radical (unpaired) electrons. The predicted octanol–water partition coefficient (Wildman–Crippen LogP) is 1.10. The van der Waals surface area contributed by atoms with E-state index in [0.717, 1.165) is 6.54 Å². The largest absolute Gasteiger partial charge is 0.491 e. The maximum absolute atomic E-state index is 10.0. The van der Waals surface area contributed by atoms with Crippen LogP contribution in [-0.2, 0) is 0 Å². The molecule has 0 aliphatic heterocycles. The van der Waals surface area contributed by atoms with Gasteiger partial charge in [0.2, 0.25) is 0 Å². The van der Waals surface area contributed by atoms with Gasteiger partial charge in [-0.1, -0.05) is 0 Å². The third kappa shape index (κ3) is 6.23. The van der Waals surface area contributed by atoms with E-state index in [1.54, 1.807) is 24.3 Å². The summed E-state index contributed by atoms with van der Waals surface area (Å²) in [7, 11) is 0. The molecule has 0 amide bonds. The summed E-state index contributed by atoms with van der Waals surface area (Å²) in [5, 5.41) is 18.9. The maximum atomic E-state index is 10.0. The van der Waals surface area contributed by atoms with Crippen molar-refractivity contribution in [1.82, 2.24) is 4.90 Å². The van der Waals surface area contributed by atoms with Crippen molar-refractivity contribution in [3.05, 3.63) is 24.3 Å². The maximum Gasteiger partial charge on any atom is 0.119 e. The Balaban J connectivity index is 2.37. The minimum Gasteiger partial charge on any atom is -0.491 e. The van der Waals surface area contributed by atoms with E-state index >= 15 is 0 Å². The van der Waals surface area contributed by atoms with Crippen molar-refractivity contribution < 1.29 is 14.9 Å². The van der Waals surface area contributed by atoms with Crippen LogP contribution >= 0.6 is 0 Å². The number of ether oxygens (including phenoxy) is 1. The van der Waals surface area contributed by atoms with Crippen molar-refractivity contribution in [1.29, 1.82) is 0 Å². The van der Waals surface area contributed by atoms with Gasteiger partial charge in [0, 0.05) is 31.4 Å². The summed E-state index contributed by atoms with van der Waals surface area (Å²) in [4.78, 5) is 2.13. The quantitative estimate of drug-likeness (QED) is 0.591. The second kappa shape index (κ2) is 8.79. The van der Waals surface area contributed by atoms with Gasteiger partial charge in [-0.2, -0.15) is 0 Å². The van der Waals surface area contributed by atoms with Gasteiger partial charge < -0.3 is 20.7 Å². The molecule has 0 bridgehead atoms. The second-order valence-corrected chi connectivity index (χ2v) is 5.20. The number of nitrogens with two attached hydrogens (primary N) is 1. The minimum atomic E-state index is -0.561. The molecule has 0 aliphatic carbocycles. The first-order valence-electron chi connectivity index (χ1n) is 7.04. The molecule has 1 rings (SSSR count). The molecule has 1 atom stereocenters. The van der Waals surface area contributed by atoms with Crippen LogP contribution in [0.2, 0.25) is 0 Å². The number of rotatable bonds is 9. The molecular weight excluding hydrogens is 256 g/mol. The molecule has 0 fully saturated rings. The van der Waals surface area contributed by atoms with E-state index in [2.05, 4.69) is 18.7 Å². The summed E-state index contributed by atoms with van der Waals surface area (Å²) in [5.41, 5.74) is 6.28. The van der Waals surface area contributed by atoms with E-state index in [1.165, 1.54) is 0 Å². The van der Waals surface area contributed by atoms with E-state index in [0.29, 0.717) is 30.4 Å². The zero-order chi connectivity index (χ0) is 15.0. The summed E-state index contributed by atoms with van der Waals surface area (Å²) in [5.74, 6) is 0.699. The van der Waals surface area contributed by atoms with Crippen molar-refractivity contribution in [2.75, 3.05) is 32.0 Å². The van der Waals surface area contributed by atoms with Crippen LogP contribution in [0.5, 0.6) is 5.75 Å². The number of anilines is 1. The second-order valence-electron chi connectivity index (χ2n) is 5.20. The van der Waals surface area contributed by atoms with Gasteiger partial charge in [-0.15, -0.1) is 0 Å². The molecule has 0 spiro atoms. The number of aliphatic hydroxyl groups excluding tert-OH is 2. The van der Waals surface area contributed by atoms with Crippen molar-refractivity contribution in [3.8, 4) is 5.75 Å². The van der Waals surface area contributed by atoms with Crippen LogP contribution in [0.15, 0.2) is 24.3 Å². The molecule has 0 heterocycles. The lowest BCUT2D eigenvalue weighted by Crippen LogP contribution is -2.40. The Hall–Kier alpha value is -1.30. The molecule has 0 saturated heterocycles. The Morgan fingerprint density at radius 2 is 1.90 bits per heavy atom. The van der Waals surface area contributed by atoms with Crippen LogP contribution in [-0.4, -0.2) is 53.6 Å². The minimum absolute atomic E-state index is 0.168. The fourth-order valence-electron chi connectivity index (χ4n) is 1.91. The molecule has 5 nitrogen and oxygen atoms in total. The number of hydrogen-bond acceptors (Lipinski definition) is 5. The van der Waals surface area contributed by atoms with Crippen LogP contribution in [0.4, 0.5) is 5.69 Å². The molecule has 5 heteroatoms. The van der Waals surface area contributed by atoms with E-state index in [9.17, 15) is 5.11 Å². The van der Waals surface area contributed by atoms with Crippen molar-refractivity contribution in [2.45, 2.75) is 32.4 Å². The zero-order valence-corrected chi connectivity index (χ0v) is 12.3. The number of hydrogen-bond donors (Lipinski definition) is 3. The molecule has 1 aromatic carbocycles. The number of aliphatic hydroxyl groups is 2. The lowest BCUT2D eigenvalue weighted by atomic mass is 10.2. The topological polar surface area (TPSA) is 79.0 Å². The van der Waals surface area contributed by atoms with E-state index in [4.69, 9.17) is 15.6 Å². The first-order valence-corrected chi connectivity index (χ1v) is 7.04. The van der Waals surface area contributed by atoms with Crippen molar-refractivity contribution in [3.63, 3.8) is 0 Å². The summed E-state index contributed by atoms with van der Waals surface area (Å²) in [6.07, 6.45) is 0.151. The molecule has 0 aromatic heterocycles. The molecule has 0 aliphatic rings. The zero-order valence-electron chi connectivity index (χ0n) is 12.3. The first kappa shape index (κ1) is 16.8. The number of benzene rings is 1. The molecule has 1 unspecified atom stereocenters. The van der Waals surface area contributed by atoms with Crippen LogP contribution in [0, 0.1) is 0 Å². The van der Waals surface area contributed by atoms with E-state index < -0.39 is 6.10 Å². The molecular formula is C15H26N2O3. The number of nitrogens with zero attached hydrogens (tertiary/aromatic N) is 1. The highest BCUT2D eigenvalue weighted by Crippen LogP contribution is 2.13. The van der Waals surface area contributed by atoms with Crippen LogP contribution in [0.3, 0.4) is 0 Å². The Morgan fingerprint density at radius 3 is 2.45 bits per heavy atom. The Bertz CT molecular complexity index is 368. The predicted molar refractivity (Wildman–Crippen MR) is 80.8 cm³/mol. The molecule has 20 heavy (non-hydrogen) atoms. The molecule has 1 aromatic rings. The van der Waals surface area contributed by atoms with E-state index in [-0.39, 0.29) is 13.2 Å². The lowest BCUT2D eigenvalue weighted by molar-refractivity contribution is 0.0549.